The molecule has 0 radical (unpaired) electrons. The molecule has 0 unspecified atom stereocenters. The number of rotatable bonds is 5. The standard InChI is InChI=1S/C29H31F6NO3/c1-17(25(37)38)11-19-3-4-20-7-8-27(39-24(20)12-19)14-26(15-27)9-10-36(16-26)18(2)22-13-21(28(30,31)32)5-6-23(22)29(33,34)35/h3-6,12-13,17-18H,7-11,14-16H2,1-2H3,(H,37,38)/t17-,18-,26?,27?/m0/s1. The van der Waals surface area contributed by atoms with E-state index in [-0.39, 0.29) is 16.6 Å². The van der Waals surface area contributed by atoms with Gasteiger partial charge in [-0.3, -0.25) is 9.69 Å². The van der Waals surface area contributed by atoms with Crippen molar-refractivity contribution in [1.82, 2.24) is 4.90 Å². The Labute approximate surface area is 222 Å². The van der Waals surface area contributed by atoms with Crippen molar-refractivity contribution in [3.05, 3.63) is 64.2 Å². The van der Waals surface area contributed by atoms with E-state index in [4.69, 9.17) is 4.74 Å². The lowest BCUT2D eigenvalue weighted by molar-refractivity contribution is -0.142. The van der Waals surface area contributed by atoms with Crippen molar-refractivity contribution in [3.8, 4) is 5.75 Å². The van der Waals surface area contributed by atoms with E-state index in [0.717, 1.165) is 49.0 Å². The molecule has 1 aliphatic carbocycles. The maximum atomic E-state index is 13.7. The van der Waals surface area contributed by atoms with Crippen LogP contribution in [-0.4, -0.2) is 34.7 Å². The molecule has 3 aliphatic rings. The predicted molar refractivity (Wildman–Crippen MR) is 131 cm³/mol. The summed E-state index contributed by atoms with van der Waals surface area (Å²) in [5.41, 5.74) is -1.04. The van der Waals surface area contributed by atoms with Crippen LogP contribution in [0.15, 0.2) is 36.4 Å². The number of carbonyl (C=O) groups is 1. The molecule has 0 bridgehead atoms. The number of halogens is 6. The smallest absolute Gasteiger partial charge is 0.416 e. The van der Waals surface area contributed by atoms with Crippen LogP contribution in [0.1, 0.15) is 73.4 Å². The van der Waals surface area contributed by atoms with Crippen LogP contribution in [0.25, 0.3) is 0 Å². The van der Waals surface area contributed by atoms with E-state index in [9.17, 15) is 36.2 Å². The lowest BCUT2D eigenvalue weighted by atomic mass is 9.56. The van der Waals surface area contributed by atoms with Crippen molar-refractivity contribution in [2.75, 3.05) is 13.1 Å². The zero-order chi connectivity index (χ0) is 28.4. The highest BCUT2D eigenvalue weighted by atomic mass is 19.4. The highest BCUT2D eigenvalue weighted by Crippen LogP contribution is 2.59. The zero-order valence-corrected chi connectivity index (χ0v) is 21.8. The van der Waals surface area contributed by atoms with Crippen LogP contribution in [-0.2, 0) is 30.0 Å². The van der Waals surface area contributed by atoms with Gasteiger partial charge in [-0.15, -0.1) is 0 Å². The Morgan fingerprint density at radius 1 is 1.03 bits per heavy atom. The maximum Gasteiger partial charge on any atom is 0.416 e. The van der Waals surface area contributed by atoms with Crippen LogP contribution in [0.3, 0.4) is 0 Å². The summed E-state index contributed by atoms with van der Waals surface area (Å²) in [6.45, 7) is 4.20. The van der Waals surface area contributed by atoms with Crippen LogP contribution >= 0.6 is 0 Å². The Morgan fingerprint density at radius 3 is 2.38 bits per heavy atom. The van der Waals surface area contributed by atoms with Gasteiger partial charge in [-0.05, 0) is 98.4 Å². The highest BCUT2D eigenvalue weighted by Gasteiger charge is 2.59. The van der Waals surface area contributed by atoms with Crippen molar-refractivity contribution in [2.45, 2.75) is 76.4 Å². The first kappa shape index (κ1) is 27.8. The van der Waals surface area contributed by atoms with Crippen LogP contribution in [0.2, 0.25) is 0 Å². The molecule has 2 atom stereocenters. The van der Waals surface area contributed by atoms with E-state index in [1.165, 1.54) is 0 Å². The minimum atomic E-state index is -4.75. The number of fused-ring (bicyclic) bond motifs is 1. The third kappa shape index (κ3) is 5.36. The second kappa shape index (κ2) is 9.42. The van der Waals surface area contributed by atoms with Gasteiger partial charge in [-0.25, -0.2) is 0 Å². The molecule has 1 N–H and O–H groups in total. The molecule has 39 heavy (non-hydrogen) atoms. The first-order chi connectivity index (χ1) is 18.1. The van der Waals surface area contributed by atoms with Crippen LogP contribution in [0.4, 0.5) is 26.3 Å². The van der Waals surface area contributed by atoms with Crippen molar-refractivity contribution < 1.29 is 41.0 Å². The lowest BCUT2D eigenvalue weighted by Crippen LogP contribution is -2.58. The molecule has 212 valence electrons. The van der Waals surface area contributed by atoms with E-state index in [2.05, 4.69) is 0 Å². The minimum Gasteiger partial charge on any atom is -0.487 e. The SMILES string of the molecule is C[C@@H](Cc1ccc2c(c1)OC1(CC2)CC2(CCN([C@@H](C)c3cc(C(F)(F)F)ccc3C(F)(F)F)C2)C1)C(=O)O. The topological polar surface area (TPSA) is 49.8 Å². The second-order valence-corrected chi connectivity index (χ2v) is 11.7. The minimum absolute atomic E-state index is 0.152. The molecule has 1 saturated carbocycles. The molecule has 5 rings (SSSR count). The number of alkyl halides is 6. The van der Waals surface area contributed by atoms with Crippen LogP contribution in [0.5, 0.6) is 5.75 Å². The summed E-state index contributed by atoms with van der Waals surface area (Å²) in [7, 11) is 0. The molecule has 0 amide bonds. The van der Waals surface area contributed by atoms with Crippen LogP contribution in [0, 0.1) is 11.3 Å². The molecule has 10 heteroatoms. The molecular formula is C29H31F6NO3. The number of ether oxygens (including phenoxy) is 1. The molecule has 0 aromatic heterocycles. The molecule has 2 aromatic carbocycles. The van der Waals surface area contributed by atoms with Gasteiger partial charge in [0.05, 0.1) is 17.0 Å². The average Bonchev–Trinajstić information content (AvgIpc) is 3.26. The number of carboxylic acids is 1. The Bertz CT molecular complexity index is 1260. The fourth-order valence-electron chi connectivity index (χ4n) is 6.81. The summed E-state index contributed by atoms with van der Waals surface area (Å²) in [4.78, 5) is 13.1. The Balaban J connectivity index is 1.29. The number of likely N-dealkylation sites (tertiary alicyclic amines) is 1. The summed E-state index contributed by atoms with van der Waals surface area (Å²) in [5.74, 6) is -0.625. The first-order valence-corrected chi connectivity index (χ1v) is 13.2. The average molecular weight is 556 g/mol. The summed E-state index contributed by atoms with van der Waals surface area (Å²) >= 11 is 0. The molecular weight excluding hydrogens is 524 g/mol. The van der Waals surface area contributed by atoms with Crippen molar-refractivity contribution in [1.29, 1.82) is 0 Å². The molecule has 1 saturated heterocycles. The normalized spacial score (nSPS) is 26.7. The maximum absolute atomic E-state index is 13.7. The number of hydrogen-bond donors (Lipinski definition) is 1. The van der Waals surface area contributed by atoms with Gasteiger partial charge in [0.2, 0.25) is 0 Å². The Hall–Kier alpha value is -2.75. The largest absolute Gasteiger partial charge is 0.487 e. The summed E-state index contributed by atoms with van der Waals surface area (Å²) in [5, 5.41) is 9.23. The number of aryl methyl sites for hydroxylation is 1. The van der Waals surface area contributed by atoms with Gasteiger partial charge in [-0.1, -0.05) is 19.1 Å². The van der Waals surface area contributed by atoms with Gasteiger partial charge in [0.15, 0.2) is 0 Å². The summed E-state index contributed by atoms with van der Waals surface area (Å²) in [6, 6.07) is 6.67. The van der Waals surface area contributed by atoms with Gasteiger partial charge >= 0.3 is 18.3 Å². The molecule has 2 aliphatic heterocycles. The molecule has 2 heterocycles. The van der Waals surface area contributed by atoms with Gasteiger partial charge in [-0.2, -0.15) is 26.3 Å². The van der Waals surface area contributed by atoms with E-state index in [1.807, 2.05) is 23.1 Å². The monoisotopic (exact) mass is 555 g/mol. The van der Waals surface area contributed by atoms with E-state index in [1.54, 1.807) is 13.8 Å². The third-order valence-electron chi connectivity index (χ3n) is 8.82. The van der Waals surface area contributed by atoms with E-state index < -0.39 is 41.4 Å². The highest BCUT2D eigenvalue weighted by molar-refractivity contribution is 5.70. The number of hydrogen-bond acceptors (Lipinski definition) is 3. The quantitative estimate of drug-likeness (QED) is 0.394. The molecule has 2 fully saturated rings. The van der Waals surface area contributed by atoms with Crippen molar-refractivity contribution >= 4 is 5.97 Å². The third-order valence-corrected chi connectivity index (χ3v) is 8.82. The summed E-state index contributed by atoms with van der Waals surface area (Å²) < 4.78 is 87.6. The van der Waals surface area contributed by atoms with E-state index in [0.29, 0.717) is 37.7 Å². The zero-order valence-electron chi connectivity index (χ0n) is 21.8. The fourth-order valence-corrected chi connectivity index (χ4v) is 6.81. The molecule has 2 spiro atoms. The number of carboxylic acid groups (broad SMARTS) is 1. The van der Waals surface area contributed by atoms with Crippen molar-refractivity contribution in [2.24, 2.45) is 11.3 Å². The number of nitrogens with zero attached hydrogens (tertiary/aromatic N) is 1. The summed E-state index contributed by atoms with van der Waals surface area (Å²) in [6.07, 6.45) is -5.26. The molecule has 2 aromatic rings. The number of aliphatic carboxylic acids is 1. The fraction of sp³-hybridized carbons (Fsp3) is 0.552. The Kier molecular flexibility index (Phi) is 6.72. The van der Waals surface area contributed by atoms with Crippen LogP contribution < -0.4 is 4.74 Å². The first-order valence-electron chi connectivity index (χ1n) is 13.2. The van der Waals surface area contributed by atoms with E-state index >= 15 is 0 Å². The predicted octanol–water partition coefficient (Wildman–Crippen LogP) is 7.30. The van der Waals surface area contributed by atoms with Gasteiger partial charge in [0.25, 0.3) is 0 Å². The second-order valence-electron chi connectivity index (χ2n) is 11.7. The molecule has 4 nitrogen and oxygen atoms in total. The Morgan fingerprint density at radius 2 is 1.74 bits per heavy atom. The lowest BCUT2D eigenvalue weighted by Gasteiger charge is -2.56. The van der Waals surface area contributed by atoms with Gasteiger partial charge < -0.3 is 9.84 Å². The number of benzene rings is 2. The van der Waals surface area contributed by atoms with Gasteiger partial charge in [0, 0.05) is 12.6 Å². The van der Waals surface area contributed by atoms with Gasteiger partial charge in [0.1, 0.15) is 11.4 Å². The van der Waals surface area contributed by atoms with Crippen molar-refractivity contribution in [3.63, 3.8) is 0 Å².